The fourth-order valence-corrected chi connectivity index (χ4v) is 1.75. The maximum Gasteiger partial charge on any atom is 0.126 e. The van der Waals surface area contributed by atoms with E-state index in [9.17, 15) is 8.78 Å². The van der Waals surface area contributed by atoms with Crippen molar-refractivity contribution in [2.75, 3.05) is 6.54 Å². The fraction of sp³-hybridized carbons (Fsp3) is 0.308. The Labute approximate surface area is 104 Å². The number of aromatic amines is 1. The lowest BCUT2D eigenvalue weighted by Gasteiger charge is -2.00. The largest absolute Gasteiger partial charge is 0.345 e. The molecule has 2 aromatic rings. The second-order valence-electron chi connectivity index (χ2n) is 4.09. The minimum atomic E-state index is -0.565. The highest BCUT2D eigenvalue weighted by Gasteiger charge is 2.05. The molecule has 1 aromatic carbocycles. The average Bonchev–Trinajstić information content (AvgIpc) is 2.72. The van der Waals surface area contributed by atoms with E-state index in [4.69, 9.17) is 0 Å². The minimum absolute atomic E-state index is 0.390. The number of hydrogen-bond acceptors (Lipinski definition) is 2. The summed E-state index contributed by atoms with van der Waals surface area (Å²) < 4.78 is 26.0. The van der Waals surface area contributed by atoms with Gasteiger partial charge in [0.25, 0.3) is 0 Å². The van der Waals surface area contributed by atoms with E-state index in [1.165, 1.54) is 12.1 Å². The predicted molar refractivity (Wildman–Crippen MR) is 65.1 cm³/mol. The number of nitrogens with one attached hydrogen (secondary N) is 2. The summed E-state index contributed by atoms with van der Waals surface area (Å²) in [4.78, 5) is 7.30. The standard InChI is InChI=1S/C13H15F2N3/c1-2-16-7-12-8-17-13(18-12)5-9-3-10(14)6-11(15)4-9/h3-4,6,8,16H,2,5,7H2,1H3,(H,17,18). The maximum absolute atomic E-state index is 13.0. The molecule has 0 aliphatic heterocycles. The zero-order valence-electron chi connectivity index (χ0n) is 10.1. The quantitative estimate of drug-likeness (QED) is 0.856. The van der Waals surface area contributed by atoms with Crippen molar-refractivity contribution in [3.63, 3.8) is 0 Å². The van der Waals surface area contributed by atoms with Gasteiger partial charge in [0.1, 0.15) is 17.5 Å². The van der Waals surface area contributed by atoms with Gasteiger partial charge in [-0.2, -0.15) is 0 Å². The van der Waals surface area contributed by atoms with E-state index in [1.807, 2.05) is 6.92 Å². The summed E-state index contributed by atoms with van der Waals surface area (Å²) in [6.45, 7) is 3.61. The molecule has 0 spiro atoms. The molecule has 1 heterocycles. The van der Waals surface area contributed by atoms with E-state index in [-0.39, 0.29) is 0 Å². The first-order valence-corrected chi connectivity index (χ1v) is 5.86. The van der Waals surface area contributed by atoms with E-state index in [2.05, 4.69) is 15.3 Å². The molecule has 0 amide bonds. The molecule has 18 heavy (non-hydrogen) atoms. The van der Waals surface area contributed by atoms with Gasteiger partial charge in [-0.3, -0.25) is 0 Å². The van der Waals surface area contributed by atoms with Gasteiger partial charge in [-0.05, 0) is 24.2 Å². The van der Waals surface area contributed by atoms with Crippen molar-refractivity contribution in [3.8, 4) is 0 Å². The molecule has 1 aromatic heterocycles. The first kappa shape index (κ1) is 12.7. The molecular weight excluding hydrogens is 236 g/mol. The van der Waals surface area contributed by atoms with Crippen LogP contribution in [0.2, 0.25) is 0 Å². The first-order valence-electron chi connectivity index (χ1n) is 5.86. The van der Waals surface area contributed by atoms with Crippen molar-refractivity contribution in [2.24, 2.45) is 0 Å². The Hall–Kier alpha value is -1.75. The van der Waals surface area contributed by atoms with E-state index >= 15 is 0 Å². The molecule has 0 radical (unpaired) electrons. The van der Waals surface area contributed by atoms with Crippen molar-refractivity contribution in [2.45, 2.75) is 19.9 Å². The lowest BCUT2D eigenvalue weighted by Crippen LogP contribution is -2.11. The molecule has 0 saturated heterocycles. The van der Waals surface area contributed by atoms with Crippen LogP contribution in [0.5, 0.6) is 0 Å². The van der Waals surface area contributed by atoms with E-state index in [0.29, 0.717) is 24.4 Å². The summed E-state index contributed by atoms with van der Waals surface area (Å²) in [5, 5.41) is 3.17. The highest BCUT2D eigenvalue weighted by Crippen LogP contribution is 2.11. The number of hydrogen-bond donors (Lipinski definition) is 2. The van der Waals surface area contributed by atoms with E-state index in [0.717, 1.165) is 18.3 Å². The van der Waals surface area contributed by atoms with Crippen LogP contribution in [0, 0.1) is 11.6 Å². The highest BCUT2D eigenvalue weighted by molar-refractivity contribution is 5.21. The number of nitrogens with zero attached hydrogens (tertiary/aromatic N) is 1. The van der Waals surface area contributed by atoms with Gasteiger partial charge in [0.2, 0.25) is 0 Å². The molecule has 0 unspecified atom stereocenters. The lowest BCUT2D eigenvalue weighted by atomic mass is 10.1. The van der Waals surface area contributed by atoms with Gasteiger partial charge in [0, 0.05) is 30.9 Å². The van der Waals surface area contributed by atoms with Gasteiger partial charge in [-0.1, -0.05) is 6.92 Å². The van der Waals surface area contributed by atoms with Crippen molar-refractivity contribution in [1.29, 1.82) is 0 Å². The van der Waals surface area contributed by atoms with E-state index in [1.54, 1.807) is 6.20 Å². The molecule has 96 valence electrons. The number of halogens is 2. The Morgan fingerprint density at radius 2 is 1.94 bits per heavy atom. The topological polar surface area (TPSA) is 40.7 Å². The predicted octanol–water partition coefficient (Wildman–Crippen LogP) is 2.39. The molecule has 0 fully saturated rings. The van der Waals surface area contributed by atoms with Crippen molar-refractivity contribution in [1.82, 2.24) is 15.3 Å². The molecule has 2 N–H and O–H groups in total. The average molecular weight is 251 g/mol. The third-order valence-corrected chi connectivity index (χ3v) is 2.54. The summed E-state index contributed by atoms with van der Waals surface area (Å²) in [6, 6.07) is 3.49. The molecule has 0 bridgehead atoms. The highest BCUT2D eigenvalue weighted by atomic mass is 19.1. The lowest BCUT2D eigenvalue weighted by molar-refractivity contribution is 0.580. The van der Waals surface area contributed by atoms with Gasteiger partial charge in [0.15, 0.2) is 0 Å². The van der Waals surface area contributed by atoms with Crippen molar-refractivity contribution < 1.29 is 8.78 Å². The fourth-order valence-electron chi connectivity index (χ4n) is 1.75. The van der Waals surface area contributed by atoms with Crippen LogP contribution < -0.4 is 5.32 Å². The third kappa shape index (κ3) is 3.37. The molecule has 3 nitrogen and oxygen atoms in total. The van der Waals surface area contributed by atoms with Crippen LogP contribution in [0.3, 0.4) is 0 Å². The van der Waals surface area contributed by atoms with Gasteiger partial charge in [-0.25, -0.2) is 13.8 Å². The first-order chi connectivity index (χ1) is 8.67. The monoisotopic (exact) mass is 251 g/mol. The molecule has 0 aliphatic carbocycles. The normalized spacial score (nSPS) is 10.8. The maximum atomic E-state index is 13.0. The van der Waals surface area contributed by atoms with E-state index < -0.39 is 11.6 Å². The van der Waals surface area contributed by atoms with Crippen LogP contribution in [-0.4, -0.2) is 16.5 Å². The summed E-state index contributed by atoms with van der Waals surface area (Å²) in [7, 11) is 0. The minimum Gasteiger partial charge on any atom is -0.345 e. The second-order valence-corrected chi connectivity index (χ2v) is 4.09. The zero-order valence-corrected chi connectivity index (χ0v) is 10.1. The SMILES string of the molecule is CCNCc1cnc(Cc2cc(F)cc(F)c2)[nH]1. The van der Waals surface area contributed by atoms with Crippen LogP contribution in [0.4, 0.5) is 8.78 Å². The van der Waals surface area contributed by atoms with Gasteiger partial charge >= 0.3 is 0 Å². The van der Waals surface area contributed by atoms with Crippen LogP contribution in [0.25, 0.3) is 0 Å². The van der Waals surface area contributed by atoms with Crippen molar-refractivity contribution in [3.05, 3.63) is 53.1 Å². The van der Waals surface area contributed by atoms with Gasteiger partial charge < -0.3 is 10.3 Å². The number of H-pyrrole nitrogens is 1. The molecule has 0 aliphatic rings. The Kier molecular flexibility index (Phi) is 4.04. The molecule has 0 saturated carbocycles. The molecule has 2 rings (SSSR count). The Balaban J connectivity index is 2.06. The Morgan fingerprint density at radius 1 is 1.22 bits per heavy atom. The number of benzene rings is 1. The molecular formula is C13H15F2N3. The van der Waals surface area contributed by atoms with Crippen LogP contribution >= 0.6 is 0 Å². The van der Waals surface area contributed by atoms with Gasteiger partial charge in [0.05, 0.1) is 0 Å². The summed E-state index contributed by atoms with van der Waals surface area (Å²) in [5.74, 6) is -0.429. The summed E-state index contributed by atoms with van der Waals surface area (Å²) in [5.41, 5.74) is 1.53. The van der Waals surface area contributed by atoms with Crippen LogP contribution in [0.1, 0.15) is 24.0 Å². The van der Waals surface area contributed by atoms with Crippen LogP contribution in [-0.2, 0) is 13.0 Å². The Morgan fingerprint density at radius 3 is 2.61 bits per heavy atom. The Bertz CT molecular complexity index is 502. The molecule has 0 atom stereocenters. The third-order valence-electron chi connectivity index (χ3n) is 2.54. The number of imidazole rings is 1. The number of rotatable bonds is 5. The smallest absolute Gasteiger partial charge is 0.126 e. The van der Waals surface area contributed by atoms with Gasteiger partial charge in [-0.15, -0.1) is 0 Å². The summed E-state index contributed by atoms with van der Waals surface area (Å²) >= 11 is 0. The van der Waals surface area contributed by atoms with Crippen molar-refractivity contribution >= 4 is 0 Å². The van der Waals surface area contributed by atoms with Crippen LogP contribution in [0.15, 0.2) is 24.4 Å². The summed E-state index contributed by atoms with van der Waals surface area (Å²) in [6.07, 6.45) is 2.12. The second kappa shape index (κ2) is 5.73. The number of aromatic nitrogens is 2. The molecule has 5 heteroatoms. The zero-order chi connectivity index (χ0) is 13.0.